The number of carbonyl (C=O) groups excluding carboxylic acids is 1. The molecular weight excluding hydrogens is 234 g/mol. The van der Waals surface area contributed by atoms with Crippen LogP contribution in [0.25, 0.3) is 0 Å². The first-order valence-corrected chi connectivity index (χ1v) is 6.66. The molecule has 1 fully saturated rings. The van der Waals surface area contributed by atoms with Crippen LogP contribution in [-0.4, -0.2) is 5.91 Å². The molecule has 0 unspecified atom stereocenters. The number of hydrogen-bond acceptors (Lipinski definition) is 1. The molecule has 2 rings (SSSR count). The van der Waals surface area contributed by atoms with Gasteiger partial charge in [0.2, 0.25) is 5.91 Å². The largest absolute Gasteiger partial charge is 0.325 e. The molecule has 0 aromatic heterocycles. The molecule has 0 aliphatic heterocycles. The van der Waals surface area contributed by atoms with Crippen LogP contribution < -0.4 is 5.32 Å². The molecule has 3 heteroatoms. The van der Waals surface area contributed by atoms with E-state index in [1.54, 1.807) is 0 Å². The fraction of sp³-hybridized carbons (Fsp3) is 0.500. The topological polar surface area (TPSA) is 29.1 Å². The highest BCUT2D eigenvalue weighted by atomic mass is 35.5. The first kappa shape index (κ1) is 12.4. The summed E-state index contributed by atoms with van der Waals surface area (Å²) in [6.07, 6.45) is 3.79. The van der Waals surface area contributed by atoms with Gasteiger partial charge < -0.3 is 5.32 Å². The maximum Gasteiger partial charge on any atom is 0.227 e. The van der Waals surface area contributed by atoms with Gasteiger partial charge in [-0.05, 0) is 42.9 Å². The lowest BCUT2D eigenvalue weighted by atomic mass is 10.0. The zero-order valence-corrected chi connectivity index (χ0v) is 11.1. The summed E-state index contributed by atoms with van der Waals surface area (Å²) < 4.78 is 0. The van der Waals surface area contributed by atoms with E-state index in [9.17, 15) is 4.79 Å². The first-order chi connectivity index (χ1) is 8.17. The van der Waals surface area contributed by atoms with Crippen LogP contribution in [0.2, 0.25) is 5.02 Å². The summed E-state index contributed by atoms with van der Waals surface area (Å²) in [4.78, 5) is 11.9. The second kappa shape index (κ2) is 5.09. The third-order valence-electron chi connectivity index (χ3n) is 3.27. The van der Waals surface area contributed by atoms with Gasteiger partial charge in [0.25, 0.3) is 0 Å². The quantitative estimate of drug-likeness (QED) is 0.866. The SMILES string of the molecule is CCc1ccc(Cl)c(CC)c1NC(=O)C1CC1. The Kier molecular flexibility index (Phi) is 3.72. The average molecular weight is 252 g/mol. The van der Waals surface area contributed by atoms with Crippen LogP contribution in [-0.2, 0) is 17.6 Å². The Bertz CT molecular complexity index is 438. The predicted molar refractivity (Wildman–Crippen MR) is 71.6 cm³/mol. The molecule has 1 aliphatic carbocycles. The Balaban J connectivity index is 2.33. The second-order valence-electron chi connectivity index (χ2n) is 4.53. The predicted octanol–water partition coefficient (Wildman–Crippen LogP) is 3.81. The highest BCUT2D eigenvalue weighted by Gasteiger charge is 2.30. The maximum absolute atomic E-state index is 11.9. The van der Waals surface area contributed by atoms with Crippen molar-refractivity contribution in [2.75, 3.05) is 5.32 Å². The van der Waals surface area contributed by atoms with E-state index in [0.717, 1.165) is 42.0 Å². The van der Waals surface area contributed by atoms with Crippen molar-refractivity contribution in [3.8, 4) is 0 Å². The summed E-state index contributed by atoms with van der Waals surface area (Å²) in [5.74, 6) is 0.375. The van der Waals surface area contributed by atoms with Gasteiger partial charge in [-0.25, -0.2) is 0 Å². The molecule has 0 radical (unpaired) electrons. The van der Waals surface area contributed by atoms with E-state index < -0.39 is 0 Å². The molecule has 1 aliphatic rings. The van der Waals surface area contributed by atoms with Gasteiger partial charge in [-0.1, -0.05) is 31.5 Å². The zero-order valence-electron chi connectivity index (χ0n) is 10.3. The molecule has 92 valence electrons. The molecule has 0 saturated heterocycles. The van der Waals surface area contributed by atoms with E-state index in [2.05, 4.69) is 19.2 Å². The van der Waals surface area contributed by atoms with Gasteiger partial charge in [-0.3, -0.25) is 4.79 Å². The molecule has 1 N–H and O–H groups in total. The summed E-state index contributed by atoms with van der Waals surface area (Å²) in [7, 11) is 0. The number of amides is 1. The average Bonchev–Trinajstić information content (AvgIpc) is 3.13. The molecule has 0 spiro atoms. The minimum Gasteiger partial charge on any atom is -0.325 e. The Morgan fingerprint density at radius 3 is 2.59 bits per heavy atom. The fourth-order valence-corrected chi connectivity index (χ4v) is 2.33. The van der Waals surface area contributed by atoms with Gasteiger partial charge in [0.1, 0.15) is 0 Å². The number of hydrogen-bond donors (Lipinski definition) is 1. The summed E-state index contributed by atoms with van der Waals surface area (Å²) in [5, 5.41) is 3.81. The molecule has 0 bridgehead atoms. The summed E-state index contributed by atoms with van der Waals surface area (Å²) >= 11 is 6.19. The molecule has 1 saturated carbocycles. The van der Waals surface area contributed by atoms with Gasteiger partial charge in [0.15, 0.2) is 0 Å². The lowest BCUT2D eigenvalue weighted by molar-refractivity contribution is -0.117. The Labute approximate surface area is 107 Å². The zero-order chi connectivity index (χ0) is 12.4. The van der Waals surface area contributed by atoms with Crippen molar-refractivity contribution < 1.29 is 4.79 Å². The highest BCUT2D eigenvalue weighted by molar-refractivity contribution is 6.32. The van der Waals surface area contributed by atoms with Crippen LogP contribution in [0.5, 0.6) is 0 Å². The number of nitrogens with one attached hydrogen (secondary N) is 1. The number of benzene rings is 1. The van der Waals surface area contributed by atoms with Gasteiger partial charge >= 0.3 is 0 Å². The van der Waals surface area contributed by atoms with Crippen molar-refractivity contribution in [3.05, 3.63) is 28.3 Å². The molecule has 2 nitrogen and oxygen atoms in total. The number of halogens is 1. The third kappa shape index (κ3) is 2.63. The molecule has 1 aromatic rings. The van der Waals surface area contributed by atoms with E-state index in [4.69, 9.17) is 11.6 Å². The first-order valence-electron chi connectivity index (χ1n) is 6.28. The van der Waals surface area contributed by atoms with Crippen LogP contribution in [0.4, 0.5) is 5.69 Å². The lowest BCUT2D eigenvalue weighted by Crippen LogP contribution is -2.16. The Morgan fingerprint density at radius 2 is 2.06 bits per heavy atom. The van der Waals surface area contributed by atoms with Crippen LogP contribution >= 0.6 is 11.6 Å². The maximum atomic E-state index is 11.9. The summed E-state index contributed by atoms with van der Waals surface area (Å²) in [6, 6.07) is 3.93. The molecular formula is C14H18ClNO. The van der Waals surface area contributed by atoms with Gasteiger partial charge in [0.05, 0.1) is 0 Å². The van der Waals surface area contributed by atoms with Crippen LogP contribution in [0.3, 0.4) is 0 Å². The van der Waals surface area contributed by atoms with Crippen LogP contribution in [0.15, 0.2) is 12.1 Å². The summed E-state index contributed by atoms with van der Waals surface area (Å²) in [5.41, 5.74) is 3.17. The van der Waals surface area contributed by atoms with Crippen molar-refractivity contribution in [1.82, 2.24) is 0 Å². The van der Waals surface area contributed by atoms with Crippen molar-refractivity contribution >= 4 is 23.2 Å². The monoisotopic (exact) mass is 251 g/mol. The van der Waals surface area contributed by atoms with E-state index in [1.165, 1.54) is 5.56 Å². The second-order valence-corrected chi connectivity index (χ2v) is 4.94. The van der Waals surface area contributed by atoms with Crippen molar-refractivity contribution in [2.45, 2.75) is 39.5 Å². The number of rotatable bonds is 4. The minimum absolute atomic E-state index is 0.150. The number of carbonyl (C=O) groups is 1. The molecule has 0 heterocycles. The standard InChI is InChI=1S/C14H18ClNO/c1-3-9-7-8-12(15)11(4-2)13(9)16-14(17)10-5-6-10/h7-8,10H,3-6H2,1-2H3,(H,16,17). The number of aryl methyl sites for hydroxylation is 1. The molecule has 17 heavy (non-hydrogen) atoms. The number of anilines is 1. The lowest BCUT2D eigenvalue weighted by Gasteiger charge is -2.15. The van der Waals surface area contributed by atoms with E-state index in [-0.39, 0.29) is 11.8 Å². The van der Waals surface area contributed by atoms with Crippen LogP contribution in [0, 0.1) is 5.92 Å². The summed E-state index contributed by atoms with van der Waals surface area (Å²) in [6.45, 7) is 4.16. The van der Waals surface area contributed by atoms with E-state index in [0.29, 0.717) is 0 Å². The molecule has 0 atom stereocenters. The smallest absolute Gasteiger partial charge is 0.227 e. The van der Waals surface area contributed by atoms with E-state index in [1.807, 2.05) is 12.1 Å². The van der Waals surface area contributed by atoms with Crippen LogP contribution in [0.1, 0.15) is 37.8 Å². The Hall–Kier alpha value is -1.02. The van der Waals surface area contributed by atoms with Crippen molar-refractivity contribution in [2.24, 2.45) is 5.92 Å². The third-order valence-corrected chi connectivity index (χ3v) is 3.63. The Morgan fingerprint density at radius 1 is 1.35 bits per heavy atom. The highest BCUT2D eigenvalue weighted by Crippen LogP contribution is 2.34. The van der Waals surface area contributed by atoms with Gasteiger partial charge in [-0.15, -0.1) is 0 Å². The normalized spacial score (nSPS) is 14.8. The van der Waals surface area contributed by atoms with Crippen molar-refractivity contribution in [3.63, 3.8) is 0 Å². The van der Waals surface area contributed by atoms with Gasteiger partial charge in [-0.2, -0.15) is 0 Å². The molecule has 1 amide bonds. The minimum atomic E-state index is 0.150. The fourth-order valence-electron chi connectivity index (χ4n) is 2.04. The van der Waals surface area contributed by atoms with E-state index >= 15 is 0 Å². The van der Waals surface area contributed by atoms with Gasteiger partial charge in [0, 0.05) is 16.6 Å². The van der Waals surface area contributed by atoms with Crippen molar-refractivity contribution in [1.29, 1.82) is 0 Å². The molecule has 1 aromatic carbocycles.